The van der Waals surface area contributed by atoms with Gasteiger partial charge >= 0.3 is 65.1 Å². The van der Waals surface area contributed by atoms with Crippen molar-refractivity contribution in [1.29, 1.82) is 0 Å². The van der Waals surface area contributed by atoms with Gasteiger partial charge in [0.2, 0.25) is 0 Å². The predicted octanol–water partition coefficient (Wildman–Crippen LogP) is 0.102. The molecule has 3 heteroatoms. The molecule has 1 aromatic rings. The monoisotopic (exact) mass is 233 g/mol. The van der Waals surface area contributed by atoms with Gasteiger partial charge in [-0.05, 0) is 0 Å². The predicted molar refractivity (Wildman–Crippen MR) is 40.1 cm³/mol. The average molecular weight is 234 g/mol. The van der Waals surface area contributed by atoms with Gasteiger partial charge in [-0.3, -0.25) is 0 Å². The first kappa shape index (κ1) is 6.31. The molecular weight excluding hydrogens is 229 g/mol. The molecule has 42 valence electrons. The van der Waals surface area contributed by atoms with Crippen LogP contribution >= 0.6 is 15.9 Å². The Bertz CT molecular complexity index is 172. The van der Waals surface area contributed by atoms with Gasteiger partial charge in [0.15, 0.2) is 0 Å². The summed E-state index contributed by atoms with van der Waals surface area (Å²) in [5, 5.41) is 0. The zero-order chi connectivity index (χ0) is 5.98. The molecule has 0 fully saturated rings. The zero-order valence-corrected chi connectivity index (χ0v) is 8.14. The van der Waals surface area contributed by atoms with E-state index in [-0.39, 0.29) is 0 Å². The number of aromatic nitrogens is 1. The third-order valence-corrected chi connectivity index (χ3v) is 1.85. The molecule has 0 N–H and O–H groups in total. The third kappa shape index (κ3) is 1.60. The van der Waals surface area contributed by atoms with Crippen molar-refractivity contribution in [2.75, 3.05) is 0 Å². The Morgan fingerprint density at radius 3 is 2.62 bits per heavy atom. The van der Waals surface area contributed by atoms with E-state index in [4.69, 9.17) is 0 Å². The molecule has 8 heavy (non-hydrogen) atoms. The zero-order valence-electron chi connectivity index (χ0n) is 4.13. The molecule has 0 bridgehead atoms. The fourth-order valence-corrected chi connectivity index (χ4v) is 1.70. The maximum atomic E-state index is 4.12. The van der Waals surface area contributed by atoms with Gasteiger partial charge in [0, 0.05) is 0 Å². The topological polar surface area (TPSA) is 12.9 Å². The molecule has 1 unspecified atom stereocenters. The van der Waals surface area contributed by atoms with Gasteiger partial charge in [0.25, 0.3) is 0 Å². The molecule has 1 rings (SSSR count). The van der Waals surface area contributed by atoms with Crippen molar-refractivity contribution in [3.63, 3.8) is 0 Å². The molecule has 1 heterocycles. The van der Waals surface area contributed by atoms with E-state index in [0.717, 1.165) is 9.08 Å². The minimum absolute atomic E-state index is 0.916. The van der Waals surface area contributed by atoms with Gasteiger partial charge in [-0.15, -0.1) is 0 Å². The van der Waals surface area contributed by atoms with E-state index in [1.54, 1.807) is 16.9 Å². The standard InChI is InChI=1S/C5H5AsBrN/c6-4-2-1-3-5(7)8-4/h1-3H,6H2. The summed E-state index contributed by atoms with van der Waals surface area (Å²) in [4.78, 5) is 4.12. The Balaban J connectivity index is 3.08. The van der Waals surface area contributed by atoms with Crippen LogP contribution in [0.15, 0.2) is 22.8 Å². The summed E-state index contributed by atoms with van der Waals surface area (Å²) >= 11 is 4.80. The van der Waals surface area contributed by atoms with E-state index in [9.17, 15) is 0 Å². The van der Waals surface area contributed by atoms with Crippen LogP contribution in [0.2, 0.25) is 0 Å². The Morgan fingerprint density at radius 2 is 2.25 bits per heavy atom. The fourth-order valence-electron chi connectivity index (χ4n) is 0.424. The van der Waals surface area contributed by atoms with Crippen molar-refractivity contribution in [3.05, 3.63) is 22.8 Å². The molecule has 1 aromatic heterocycles. The van der Waals surface area contributed by atoms with Crippen molar-refractivity contribution in [2.45, 2.75) is 0 Å². The number of rotatable bonds is 0. The quantitative estimate of drug-likeness (QED) is 0.458. The van der Waals surface area contributed by atoms with Crippen LogP contribution in [0.4, 0.5) is 0 Å². The van der Waals surface area contributed by atoms with E-state index in [1.807, 2.05) is 18.2 Å². The normalized spacial score (nSPS) is 9.25. The second-order valence-electron chi connectivity index (χ2n) is 1.39. The molecule has 1 nitrogen and oxygen atoms in total. The summed E-state index contributed by atoms with van der Waals surface area (Å²) in [6, 6.07) is 5.89. The van der Waals surface area contributed by atoms with Crippen LogP contribution in [0.3, 0.4) is 0 Å². The van der Waals surface area contributed by atoms with Crippen molar-refractivity contribution >= 4 is 37.3 Å². The molecular formula is C5H5AsBrN. The second kappa shape index (κ2) is 2.65. The first-order valence-corrected chi connectivity index (χ1v) is 4.17. The van der Waals surface area contributed by atoms with Crippen LogP contribution in [0.1, 0.15) is 0 Å². The number of hydrogen-bond acceptors (Lipinski definition) is 1. The summed E-state index contributed by atoms with van der Waals surface area (Å²) in [6.07, 6.45) is 0. The van der Waals surface area contributed by atoms with Gasteiger partial charge in [-0.1, -0.05) is 0 Å². The second-order valence-corrected chi connectivity index (χ2v) is 3.44. The van der Waals surface area contributed by atoms with Crippen LogP contribution in [0.25, 0.3) is 0 Å². The number of halogens is 1. The number of hydrogen-bond donors (Lipinski definition) is 0. The van der Waals surface area contributed by atoms with Crippen molar-refractivity contribution in [2.24, 2.45) is 0 Å². The Hall–Kier alpha value is 0.188. The Morgan fingerprint density at radius 1 is 1.50 bits per heavy atom. The molecule has 0 saturated carbocycles. The van der Waals surface area contributed by atoms with Crippen LogP contribution in [-0.4, -0.2) is 21.8 Å². The molecule has 1 atom stereocenters. The first-order valence-electron chi connectivity index (χ1n) is 2.17. The Kier molecular flexibility index (Phi) is 2.09. The molecule has 0 spiro atoms. The van der Waals surface area contributed by atoms with Gasteiger partial charge in [-0.25, -0.2) is 0 Å². The van der Waals surface area contributed by atoms with E-state index in [2.05, 4.69) is 20.9 Å². The van der Waals surface area contributed by atoms with Crippen molar-refractivity contribution < 1.29 is 0 Å². The van der Waals surface area contributed by atoms with Gasteiger partial charge in [-0.2, -0.15) is 0 Å². The fraction of sp³-hybridized carbons (Fsp3) is 0. The van der Waals surface area contributed by atoms with Crippen molar-refractivity contribution in [3.8, 4) is 0 Å². The molecule has 0 amide bonds. The third-order valence-electron chi connectivity index (χ3n) is 0.737. The molecule has 0 aliphatic rings. The van der Waals surface area contributed by atoms with Gasteiger partial charge in [0.1, 0.15) is 0 Å². The summed E-state index contributed by atoms with van der Waals surface area (Å²) in [6.45, 7) is 0. The molecule has 0 aliphatic carbocycles. The molecule has 0 radical (unpaired) electrons. The van der Waals surface area contributed by atoms with E-state index >= 15 is 0 Å². The molecule has 0 aromatic carbocycles. The van der Waals surface area contributed by atoms with Crippen LogP contribution < -0.4 is 4.48 Å². The van der Waals surface area contributed by atoms with Crippen LogP contribution in [0, 0.1) is 0 Å². The van der Waals surface area contributed by atoms with Crippen LogP contribution in [-0.2, 0) is 0 Å². The number of pyridine rings is 1. The summed E-state index contributed by atoms with van der Waals surface area (Å²) in [7, 11) is 0. The maximum absolute atomic E-state index is 4.12. The van der Waals surface area contributed by atoms with E-state index in [1.165, 1.54) is 0 Å². The van der Waals surface area contributed by atoms with Gasteiger partial charge < -0.3 is 0 Å². The average Bonchev–Trinajstić information content (AvgIpc) is 1.64. The van der Waals surface area contributed by atoms with E-state index in [0.29, 0.717) is 0 Å². The van der Waals surface area contributed by atoms with Gasteiger partial charge in [0.05, 0.1) is 0 Å². The summed E-state index contributed by atoms with van der Waals surface area (Å²) < 4.78 is 2.02. The molecule has 0 saturated heterocycles. The summed E-state index contributed by atoms with van der Waals surface area (Å²) in [5.74, 6) is 0. The summed E-state index contributed by atoms with van der Waals surface area (Å²) in [5.41, 5.74) is 0. The number of nitrogens with zero attached hydrogens (tertiary/aromatic N) is 1. The van der Waals surface area contributed by atoms with Crippen LogP contribution in [0.5, 0.6) is 0 Å². The molecule has 0 aliphatic heterocycles. The minimum atomic E-state index is 0.916. The van der Waals surface area contributed by atoms with E-state index < -0.39 is 0 Å². The SMILES string of the molecule is [AsH2]c1cccc(Br)n1. The Labute approximate surface area is 65.1 Å². The first-order chi connectivity index (χ1) is 3.79. The van der Waals surface area contributed by atoms with Crippen molar-refractivity contribution in [1.82, 2.24) is 4.98 Å².